The standard InChI is InChI=1S/C35H30N2O3/c1-4-37-30-17-12-24(34(36)23-10-15-26(39-3)16-11-23)20-28(30)29-21-25(13-18-31(29)37)35(38)33-27-9-7-6-8-22(27)14-19-32(33)40-5-2/h6-21,36H,4-5H2,1-3H3. The molecule has 0 amide bonds. The van der Waals surface area contributed by atoms with E-state index in [0.717, 1.165) is 56.0 Å². The molecule has 0 fully saturated rings. The third-order valence-electron chi connectivity index (χ3n) is 7.53. The van der Waals surface area contributed by atoms with E-state index >= 15 is 0 Å². The van der Waals surface area contributed by atoms with Gasteiger partial charge in [0.1, 0.15) is 11.5 Å². The molecule has 5 aromatic carbocycles. The molecule has 6 aromatic rings. The second-order valence-corrected chi connectivity index (χ2v) is 9.73. The topological polar surface area (TPSA) is 64.3 Å². The fourth-order valence-corrected chi connectivity index (χ4v) is 5.57. The van der Waals surface area contributed by atoms with Gasteiger partial charge in [-0.15, -0.1) is 0 Å². The van der Waals surface area contributed by atoms with Crippen LogP contribution in [0.4, 0.5) is 0 Å². The van der Waals surface area contributed by atoms with E-state index in [1.165, 1.54) is 0 Å². The van der Waals surface area contributed by atoms with Crippen molar-refractivity contribution in [2.75, 3.05) is 13.7 Å². The number of hydrogen-bond acceptors (Lipinski definition) is 4. The molecule has 5 heteroatoms. The van der Waals surface area contributed by atoms with Crippen molar-refractivity contribution in [1.82, 2.24) is 4.57 Å². The number of carbonyl (C=O) groups is 1. The number of nitrogens with one attached hydrogen (secondary N) is 1. The fraction of sp³-hybridized carbons (Fsp3) is 0.143. The largest absolute Gasteiger partial charge is 0.497 e. The van der Waals surface area contributed by atoms with Gasteiger partial charge in [-0.3, -0.25) is 10.2 Å². The van der Waals surface area contributed by atoms with Gasteiger partial charge in [-0.25, -0.2) is 0 Å². The molecule has 0 aliphatic heterocycles. The van der Waals surface area contributed by atoms with E-state index in [2.05, 4.69) is 23.6 Å². The highest BCUT2D eigenvalue weighted by Gasteiger charge is 2.20. The van der Waals surface area contributed by atoms with E-state index in [0.29, 0.717) is 29.2 Å². The molecule has 40 heavy (non-hydrogen) atoms. The Morgan fingerprint density at radius 2 is 1.40 bits per heavy atom. The minimum Gasteiger partial charge on any atom is -0.497 e. The van der Waals surface area contributed by atoms with Crippen LogP contribution in [0.25, 0.3) is 32.6 Å². The van der Waals surface area contributed by atoms with E-state index in [1.54, 1.807) is 7.11 Å². The van der Waals surface area contributed by atoms with Crippen molar-refractivity contribution in [2.24, 2.45) is 0 Å². The quantitative estimate of drug-likeness (QED) is 0.161. The highest BCUT2D eigenvalue weighted by molar-refractivity contribution is 6.21. The molecule has 0 radical (unpaired) electrons. The van der Waals surface area contributed by atoms with Gasteiger partial charge in [0.05, 0.1) is 25.0 Å². The number of methoxy groups -OCH3 is 1. The van der Waals surface area contributed by atoms with Gasteiger partial charge in [0.25, 0.3) is 0 Å². The van der Waals surface area contributed by atoms with Gasteiger partial charge in [0, 0.05) is 45.0 Å². The molecule has 5 nitrogen and oxygen atoms in total. The average Bonchev–Trinajstić information content (AvgIpc) is 3.32. The number of carbonyl (C=O) groups excluding carboxylic acids is 1. The van der Waals surface area contributed by atoms with Crippen LogP contribution in [0.3, 0.4) is 0 Å². The van der Waals surface area contributed by atoms with Crippen LogP contribution in [0, 0.1) is 5.41 Å². The molecular formula is C35H30N2O3. The van der Waals surface area contributed by atoms with Crippen molar-refractivity contribution < 1.29 is 14.3 Å². The van der Waals surface area contributed by atoms with E-state index in [1.807, 2.05) is 91.9 Å². The smallest absolute Gasteiger partial charge is 0.197 e. The van der Waals surface area contributed by atoms with Crippen molar-refractivity contribution in [3.8, 4) is 11.5 Å². The second-order valence-electron chi connectivity index (χ2n) is 9.73. The van der Waals surface area contributed by atoms with Crippen molar-refractivity contribution in [1.29, 1.82) is 5.41 Å². The lowest BCUT2D eigenvalue weighted by Gasteiger charge is -2.13. The highest BCUT2D eigenvalue weighted by atomic mass is 16.5. The van der Waals surface area contributed by atoms with Crippen LogP contribution in [0.5, 0.6) is 11.5 Å². The van der Waals surface area contributed by atoms with Crippen molar-refractivity contribution in [3.63, 3.8) is 0 Å². The Morgan fingerprint density at radius 3 is 2.08 bits per heavy atom. The number of aryl methyl sites for hydroxylation is 1. The van der Waals surface area contributed by atoms with Gasteiger partial charge in [-0.05, 0) is 85.3 Å². The summed E-state index contributed by atoms with van der Waals surface area (Å²) in [5.74, 6) is 1.29. The molecule has 198 valence electrons. The summed E-state index contributed by atoms with van der Waals surface area (Å²) in [6.07, 6.45) is 0. The summed E-state index contributed by atoms with van der Waals surface area (Å²) in [6.45, 7) is 5.32. The van der Waals surface area contributed by atoms with Crippen LogP contribution in [0.2, 0.25) is 0 Å². The van der Waals surface area contributed by atoms with Crippen molar-refractivity contribution in [3.05, 3.63) is 119 Å². The molecule has 0 unspecified atom stereocenters. The number of hydrogen-bond donors (Lipinski definition) is 1. The second kappa shape index (κ2) is 10.3. The Kier molecular flexibility index (Phi) is 6.56. The summed E-state index contributed by atoms with van der Waals surface area (Å²) in [4.78, 5) is 14.1. The lowest BCUT2D eigenvalue weighted by molar-refractivity contribution is 0.103. The third kappa shape index (κ3) is 4.20. The predicted octanol–water partition coefficient (Wildman–Crippen LogP) is 8.02. The van der Waals surface area contributed by atoms with Crippen LogP contribution in [0.15, 0.2) is 97.1 Å². The molecule has 1 aromatic heterocycles. The lowest BCUT2D eigenvalue weighted by Crippen LogP contribution is -2.06. The normalized spacial score (nSPS) is 11.3. The number of ketones is 1. The van der Waals surface area contributed by atoms with Gasteiger partial charge in [-0.1, -0.05) is 36.4 Å². The van der Waals surface area contributed by atoms with Crippen LogP contribution in [-0.4, -0.2) is 29.8 Å². The zero-order valence-corrected chi connectivity index (χ0v) is 22.8. The van der Waals surface area contributed by atoms with Crippen molar-refractivity contribution in [2.45, 2.75) is 20.4 Å². The van der Waals surface area contributed by atoms with E-state index < -0.39 is 0 Å². The summed E-state index contributed by atoms with van der Waals surface area (Å²) in [6, 6.07) is 31.4. The van der Waals surface area contributed by atoms with Gasteiger partial charge >= 0.3 is 0 Å². The molecule has 0 bridgehead atoms. The van der Waals surface area contributed by atoms with Gasteiger partial charge in [0.2, 0.25) is 0 Å². The first kappa shape index (κ1) is 25.4. The first-order valence-electron chi connectivity index (χ1n) is 13.5. The Balaban J connectivity index is 1.50. The summed E-state index contributed by atoms with van der Waals surface area (Å²) in [7, 11) is 1.63. The molecule has 6 rings (SSSR count). The van der Waals surface area contributed by atoms with E-state index in [9.17, 15) is 4.79 Å². The highest BCUT2D eigenvalue weighted by Crippen LogP contribution is 2.34. The van der Waals surface area contributed by atoms with Crippen LogP contribution in [0.1, 0.15) is 40.9 Å². The number of nitrogens with zero attached hydrogens (tertiary/aromatic N) is 1. The first-order chi connectivity index (χ1) is 19.5. The summed E-state index contributed by atoms with van der Waals surface area (Å²) >= 11 is 0. The zero-order valence-electron chi connectivity index (χ0n) is 22.8. The Labute approximate surface area is 233 Å². The first-order valence-corrected chi connectivity index (χ1v) is 13.5. The zero-order chi connectivity index (χ0) is 27.8. The Hall–Kier alpha value is -4.90. The van der Waals surface area contributed by atoms with Gasteiger partial charge in [0.15, 0.2) is 5.78 Å². The molecule has 0 atom stereocenters. The average molecular weight is 527 g/mol. The molecular weight excluding hydrogens is 496 g/mol. The molecule has 0 aliphatic rings. The van der Waals surface area contributed by atoms with Gasteiger partial charge < -0.3 is 14.0 Å². The number of benzene rings is 5. The third-order valence-corrected chi connectivity index (χ3v) is 7.53. The molecule has 0 spiro atoms. The number of aromatic nitrogens is 1. The van der Waals surface area contributed by atoms with E-state index in [4.69, 9.17) is 14.9 Å². The predicted molar refractivity (Wildman–Crippen MR) is 163 cm³/mol. The summed E-state index contributed by atoms with van der Waals surface area (Å²) < 4.78 is 13.4. The van der Waals surface area contributed by atoms with Crippen molar-refractivity contribution >= 4 is 44.1 Å². The SMILES string of the molecule is CCOc1ccc2ccccc2c1C(=O)c1ccc2c(c1)c1cc(C(=N)c3ccc(OC)cc3)ccc1n2CC. The number of fused-ring (bicyclic) bond motifs is 4. The molecule has 1 N–H and O–H groups in total. The number of rotatable bonds is 8. The maximum absolute atomic E-state index is 14.1. The number of ether oxygens (including phenoxy) is 2. The Bertz CT molecular complexity index is 1920. The maximum Gasteiger partial charge on any atom is 0.197 e. The maximum atomic E-state index is 14.1. The monoisotopic (exact) mass is 526 g/mol. The lowest BCUT2D eigenvalue weighted by atomic mass is 9.95. The molecule has 0 saturated heterocycles. The Morgan fingerprint density at radius 1 is 0.750 bits per heavy atom. The van der Waals surface area contributed by atoms with Gasteiger partial charge in [-0.2, -0.15) is 0 Å². The summed E-state index contributed by atoms with van der Waals surface area (Å²) in [5.41, 5.74) is 5.40. The fourth-order valence-electron chi connectivity index (χ4n) is 5.57. The van der Waals surface area contributed by atoms with Crippen LogP contribution in [-0.2, 0) is 6.54 Å². The van der Waals surface area contributed by atoms with E-state index in [-0.39, 0.29) is 5.78 Å². The molecule has 0 aliphatic carbocycles. The van der Waals surface area contributed by atoms with Crippen LogP contribution >= 0.6 is 0 Å². The molecule has 0 saturated carbocycles. The summed E-state index contributed by atoms with van der Waals surface area (Å²) in [5, 5.41) is 12.8. The minimum absolute atomic E-state index is 0.0679. The minimum atomic E-state index is -0.0679. The van der Waals surface area contributed by atoms with Crippen LogP contribution < -0.4 is 9.47 Å². The molecule has 1 heterocycles.